The molecule has 2 aliphatic heterocycles. The van der Waals surface area contributed by atoms with E-state index in [4.69, 9.17) is 4.74 Å². The van der Waals surface area contributed by atoms with Crippen molar-refractivity contribution < 1.29 is 9.53 Å². The molecule has 0 fully saturated rings. The van der Waals surface area contributed by atoms with Crippen molar-refractivity contribution in [2.75, 3.05) is 11.9 Å². The molecule has 1 aromatic rings. The minimum absolute atomic E-state index is 0.0241. The van der Waals surface area contributed by atoms with Gasteiger partial charge in [0.1, 0.15) is 0 Å². The fourth-order valence-corrected chi connectivity index (χ4v) is 4.92. The van der Waals surface area contributed by atoms with Crippen LogP contribution in [-0.4, -0.2) is 27.1 Å². The van der Waals surface area contributed by atoms with Crippen LogP contribution >= 0.6 is 0 Å². The Morgan fingerprint density at radius 1 is 1.29 bits per heavy atom. The predicted molar refractivity (Wildman–Crippen MR) is 88.1 cm³/mol. The molecule has 1 amide bonds. The number of hydrogen-bond acceptors (Lipinski definition) is 2. The third kappa shape index (κ3) is 2.09. The van der Waals surface area contributed by atoms with Gasteiger partial charge in [0.05, 0.1) is 19.9 Å². The molecule has 0 unspecified atom stereocenters. The summed E-state index contributed by atoms with van der Waals surface area (Å²) < 4.78 is 6.22. The van der Waals surface area contributed by atoms with Crippen LogP contribution in [0.25, 0.3) is 0 Å². The molecule has 2 heterocycles. The largest absolute Gasteiger partial charge is 0.353 e. The highest BCUT2D eigenvalue weighted by Crippen LogP contribution is 2.49. The fourth-order valence-electron chi connectivity index (χ4n) is 3.41. The summed E-state index contributed by atoms with van der Waals surface area (Å²) in [5, 5.41) is 1.43. The Morgan fingerprint density at radius 3 is 2.62 bits per heavy atom. The Balaban J connectivity index is 2.14. The van der Waals surface area contributed by atoms with Gasteiger partial charge in [0.15, 0.2) is 5.60 Å². The number of para-hydroxylation sites is 1. The SMILES string of the molecule is C[C@@H]1C=C([Si](C)(C)C)C[C@]2(O1)C(=O)N(C)c1ccccc12. The molecular formula is C17H23NO2Si. The molecule has 2 atom stereocenters. The van der Waals surface area contributed by atoms with Crippen LogP contribution in [0.2, 0.25) is 19.6 Å². The van der Waals surface area contributed by atoms with Crippen LogP contribution in [0.1, 0.15) is 18.9 Å². The molecule has 0 N–H and O–H groups in total. The summed E-state index contributed by atoms with van der Waals surface area (Å²) in [4.78, 5) is 14.7. The van der Waals surface area contributed by atoms with E-state index in [9.17, 15) is 4.79 Å². The maximum atomic E-state index is 12.9. The zero-order valence-electron chi connectivity index (χ0n) is 13.4. The number of carbonyl (C=O) groups excluding carboxylic acids is 1. The van der Waals surface area contributed by atoms with E-state index in [-0.39, 0.29) is 12.0 Å². The first kappa shape index (κ1) is 14.5. The monoisotopic (exact) mass is 301 g/mol. The third-order valence-corrected chi connectivity index (χ3v) is 6.85. The second kappa shape index (κ2) is 4.55. The molecular weight excluding hydrogens is 278 g/mol. The van der Waals surface area contributed by atoms with Gasteiger partial charge in [-0.25, -0.2) is 0 Å². The van der Waals surface area contributed by atoms with E-state index in [0.29, 0.717) is 6.42 Å². The highest BCUT2D eigenvalue weighted by Gasteiger charge is 2.54. The zero-order chi connectivity index (χ0) is 15.4. The van der Waals surface area contributed by atoms with Crippen molar-refractivity contribution in [3.63, 3.8) is 0 Å². The van der Waals surface area contributed by atoms with Gasteiger partial charge in [-0.3, -0.25) is 4.79 Å². The highest BCUT2D eigenvalue weighted by molar-refractivity contribution is 6.83. The lowest BCUT2D eigenvalue weighted by atomic mass is 9.89. The molecule has 0 bridgehead atoms. The first-order chi connectivity index (χ1) is 9.75. The molecule has 0 aliphatic carbocycles. The van der Waals surface area contributed by atoms with Crippen molar-refractivity contribution in [2.45, 2.75) is 44.7 Å². The zero-order valence-corrected chi connectivity index (χ0v) is 14.4. The molecule has 0 radical (unpaired) electrons. The number of amides is 1. The Bertz CT molecular complexity index is 632. The van der Waals surface area contributed by atoms with E-state index in [1.165, 1.54) is 5.20 Å². The number of fused-ring (bicyclic) bond motifs is 2. The molecule has 2 aliphatic rings. The van der Waals surface area contributed by atoms with E-state index in [0.717, 1.165) is 11.3 Å². The van der Waals surface area contributed by atoms with Gasteiger partial charge in [0.2, 0.25) is 0 Å². The molecule has 1 aromatic carbocycles. The number of ether oxygens (including phenoxy) is 1. The van der Waals surface area contributed by atoms with Crippen molar-refractivity contribution in [1.29, 1.82) is 0 Å². The molecule has 0 saturated heterocycles. The molecule has 0 saturated carbocycles. The molecule has 0 aromatic heterocycles. The van der Waals surface area contributed by atoms with Gasteiger partial charge in [0.25, 0.3) is 5.91 Å². The second-order valence-electron chi connectivity index (χ2n) is 7.15. The lowest BCUT2D eigenvalue weighted by Crippen LogP contribution is -2.47. The second-order valence-corrected chi connectivity index (χ2v) is 12.3. The molecule has 3 nitrogen and oxygen atoms in total. The summed E-state index contributed by atoms with van der Waals surface area (Å²) in [6.45, 7) is 9.04. The summed E-state index contributed by atoms with van der Waals surface area (Å²) in [5.41, 5.74) is 1.19. The maximum Gasteiger partial charge on any atom is 0.264 e. The van der Waals surface area contributed by atoms with Crippen LogP contribution in [0.5, 0.6) is 0 Å². The minimum atomic E-state index is -1.45. The van der Waals surface area contributed by atoms with Gasteiger partial charge in [-0.2, -0.15) is 0 Å². The molecule has 4 heteroatoms. The first-order valence-electron chi connectivity index (χ1n) is 7.52. The molecule has 112 valence electrons. The van der Waals surface area contributed by atoms with Crippen LogP contribution in [-0.2, 0) is 15.1 Å². The third-order valence-electron chi connectivity index (χ3n) is 4.58. The minimum Gasteiger partial charge on any atom is -0.353 e. The Hall–Kier alpha value is -1.39. The number of carbonyl (C=O) groups is 1. The summed E-state index contributed by atoms with van der Waals surface area (Å²) in [6, 6.07) is 8.01. The lowest BCUT2D eigenvalue weighted by Gasteiger charge is -2.39. The van der Waals surface area contributed by atoms with Gasteiger partial charge in [-0.1, -0.05) is 49.1 Å². The topological polar surface area (TPSA) is 29.5 Å². The van der Waals surface area contributed by atoms with E-state index < -0.39 is 13.7 Å². The fraction of sp³-hybridized carbons (Fsp3) is 0.471. The van der Waals surface area contributed by atoms with Crippen LogP contribution in [0.4, 0.5) is 5.69 Å². The molecule has 1 spiro atoms. The van der Waals surface area contributed by atoms with Gasteiger partial charge in [0, 0.05) is 19.0 Å². The molecule has 21 heavy (non-hydrogen) atoms. The number of nitrogens with zero attached hydrogens (tertiary/aromatic N) is 1. The number of hydrogen-bond donors (Lipinski definition) is 0. The summed E-state index contributed by atoms with van der Waals surface area (Å²) >= 11 is 0. The van der Waals surface area contributed by atoms with Crippen LogP contribution in [0.3, 0.4) is 0 Å². The molecule has 3 rings (SSSR count). The average molecular weight is 301 g/mol. The van der Waals surface area contributed by atoms with Crippen molar-refractivity contribution in [3.05, 3.63) is 41.1 Å². The van der Waals surface area contributed by atoms with Gasteiger partial charge in [-0.05, 0) is 13.0 Å². The van der Waals surface area contributed by atoms with Crippen molar-refractivity contribution in [3.8, 4) is 0 Å². The van der Waals surface area contributed by atoms with Gasteiger partial charge >= 0.3 is 0 Å². The van der Waals surface area contributed by atoms with Crippen LogP contribution in [0.15, 0.2) is 35.5 Å². The number of likely N-dealkylation sites (N-methyl/N-ethyl adjacent to an activating group) is 1. The quantitative estimate of drug-likeness (QED) is 0.743. The number of benzene rings is 1. The van der Waals surface area contributed by atoms with E-state index >= 15 is 0 Å². The first-order valence-corrected chi connectivity index (χ1v) is 11.0. The van der Waals surface area contributed by atoms with Crippen molar-refractivity contribution in [1.82, 2.24) is 0 Å². The van der Waals surface area contributed by atoms with Gasteiger partial charge in [-0.15, -0.1) is 0 Å². The normalized spacial score (nSPS) is 28.8. The van der Waals surface area contributed by atoms with E-state index in [1.54, 1.807) is 4.90 Å². The van der Waals surface area contributed by atoms with Crippen LogP contribution < -0.4 is 4.90 Å². The summed E-state index contributed by atoms with van der Waals surface area (Å²) in [6.07, 6.45) is 2.91. The van der Waals surface area contributed by atoms with Crippen molar-refractivity contribution in [2.24, 2.45) is 0 Å². The Morgan fingerprint density at radius 2 is 1.95 bits per heavy atom. The van der Waals surface area contributed by atoms with E-state index in [1.807, 2.05) is 38.2 Å². The standard InChI is InChI=1S/C17H23NO2Si/c1-12-10-13(21(3,4)5)11-17(20-12)14-8-6-7-9-15(14)18(2)16(17)19/h6-10,12H,11H2,1-5H3/t12-,17-/m1/s1. The average Bonchev–Trinajstić information content (AvgIpc) is 2.61. The Labute approximate surface area is 127 Å². The number of anilines is 1. The number of rotatable bonds is 1. The smallest absolute Gasteiger partial charge is 0.264 e. The van der Waals surface area contributed by atoms with Crippen molar-refractivity contribution >= 4 is 19.7 Å². The predicted octanol–water partition coefficient (Wildman–Crippen LogP) is 3.47. The van der Waals surface area contributed by atoms with Gasteiger partial charge < -0.3 is 9.64 Å². The highest BCUT2D eigenvalue weighted by atomic mass is 28.3. The maximum absolute atomic E-state index is 12.9. The van der Waals surface area contributed by atoms with E-state index in [2.05, 4.69) is 25.7 Å². The summed E-state index contributed by atoms with van der Waals surface area (Å²) in [5.74, 6) is 0.0689. The summed E-state index contributed by atoms with van der Waals surface area (Å²) in [7, 11) is 0.389. The van der Waals surface area contributed by atoms with Crippen LogP contribution in [0, 0.1) is 0 Å². The Kier molecular flexibility index (Phi) is 3.15. The lowest BCUT2D eigenvalue weighted by molar-refractivity contribution is -0.149.